The molecule has 1 heterocycles. The molecule has 2 aromatic carbocycles. The second kappa shape index (κ2) is 8.78. The fraction of sp³-hybridized carbons (Fsp3) is 0.250. The Hall–Kier alpha value is -3.01. The van der Waals surface area contributed by atoms with E-state index in [0.29, 0.717) is 5.75 Å². The second-order valence-corrected chi connectivity index (χ2v) is 7.10. The van der Waals surface area contributed by atoms with E-state index in [4.69, 9.17) is 9.47 Å². The van der Waals surface area contributed by atoms with E-state index in [1.54, 1.807) is 0 Å². The van der Waals surface area contributed by atoms with Gasteiger partial charge in [-0.3, -0.25) is 9.79 Å². The Kier molecular flexibility index (Phi) is 6.35. The van der Waals surface area contributed by atoms with E-state index in [2.05, 4.69) is 9.73 Å². The molecule has 0 bridgehead atoms. The van der Waals surface area contributed by atoms with E-state index in [1.165, 1.54) is 38.1 Å². The van der Waals surface area contributed by atoms with Gasteiger partial charge in [-0.25, -0.2) is 4.79 Å². The van der Waals surface area contributed by atoms with E-state index in [1.807, 2.05) is 30.3 Å². The maximum atomic E-state index is 12.9. The largest absolute Gasteiger partial charge is 0.493 e. The zero-order chi connectivity index (χ0) is 21.9. The number of methoxy groups -OCH3 is 2. The van der Waals surface area contributed by atoms with Gasteiger partial charge in [-0.2, -0.15) is 13.2 Å². The van der Waals surface area contributed by atoms with Gasteiger partial charge in [0, 0.05) is 16.9 Å². The molecule has 1 atom stereocenters. The Morgan fingerprint density at radius 1 is 1.07 bits per heavy atom. The highest BCUT2D eigenvalue weighted by atomic mass is 32.2. The van der Waals surface area contributed by atoms with Crippen molar-refractivity contribution in [1.82, 2.24) is 0 Å². The first-order chi connectivity index (χ1) is 14.2. The summed E-state index contributed by atoms with van der Waals surface area (Å²) in [7, 11) is 2.34. The molecule has 0 amide bonds. The van der Waals surface area contributed by atoms with Crippen LogP contribution < -0.4 is 14.2 Å². The number of benzene rings is 2. The molecule has 0 saturated carbocycles. The molecule has 1 aliphatic rings. The van der Waals surface area contributed by atoms with Gasteiger partial charge < -0.3 is 14.2 Å². The zero-order valence-corrected chi connectivity index (χ0v) is 16.7. The van der Waals surface area contributed by atoms with E-state index < -0.39 is 23.9 Å². The van der Waals surface area contributed by atoms with Crippen LogP contribution in [0, 0.1) is 0 Å². The first-order valence-electron chi connectivity index (χ1n) is 8.60. The van der Waals surface area contributed by atoms with E-state index in [0.717, 1.165) is 10.6 Å². The summed E-state index contributed by atoms with van der Waals surface area (Å²) in [6.07, 6.45) is -5.20. The van der Waals surface area contributed by atoms with Gasteiger partial charge in [-0.05, 0) is 12.1 Å². The quantitative estimate of drug-likeness (QED) is 0.386. The highest BCUT2D eigenvalue weighted by Crippen LogP contribution is 2.40. The molecular weight excluding hydrogens is 423 g/mol. The second-order valence-electron chi connectivity index (χ2n) is 6.09. The number of ketones is 1. The first kappa shape index (κ1) is 21.7. The number of hydrogen-bond donors (Lipinski definition) is 0. The lowest BCUT2D eigenvalue weighted by atomic mass is 10.0. The van der Waals surface area contributed by atoms with Crippen LogP contribution in [0.5, 0.6) is 17.2 Å². The van der Waals surface area contributed by atoms with Crippen LogP contribution in [0.1, 0.15) is 15.9 Å². The number of thioether (sulfide) groups is 1. The number of carbonyl (C=O) groups is 2. The minimum Gasteiger partial charge on any atom is -0.493 e. The van der Waals surface area contributed by atoms with Gasteiger partial charge in [0.2, 0.25) is 5.75 Å². The first-order valence-corrected chi connectivity index (χ1v) is 9.58. The minimum absolute atomic E-state index is 0.110. The van der Waals surface area contributed by atoms with Crippen molar-refractivity contribution in [3.8, 4) is 17.2 Å². The van der Waals surface area contributed by atoms with Crippen LogP contribution >= 0.6 is 11.8 Å². The van der Waals surface area contributed by atoms with Crippen LogP contribution in [0.25, 0.3) is 0 Å². The number of hydrogen-bond acceptors (Lipinski definition) is 7. The minimum atomic E-state index is -5.20. The number of aliphatic imine (C=N–C) groups is 1. The van der Waals surface area contributed by atoms with Crippen molar-refractivity contribution in [3.05, 3.63) is 53.6 Å². The summed E-state index contributed by atoms with van der Waals surface area (Å²) in [6, 6.07) is 11.1. The monoisotopic (exact) mass is 439 g/mol. The normalized spacial score (nSPS) is 16.0. The third-order valence-electron chi connectivity index (χ3n) is 4.15. The third kappa shape index (κ3) is 4.59. The smallest absolute Gasteiger partial charge is 0.491 e. The summed E-state index contributed by atoms with van der Waals surface area (Å²) >= 11 is 1.43. The third-order valence-corrected chi connectivity index (χ3v) is 5.24. The molecule has 2 aromatic rings. The molecule has 0 saturated heterocycles. The number of nitrogens with zero attached hydrogens (tertiary/aromatic N) is 1. The van der Waals surface area contributed by atoms with Crippen LogP contribution in [0.15, 0.2) is 47.5 Å². The van der Waals surface area contributed by atoms with Crippen LogP contribution in [-0.2, 0) is 4.79 Å². The van der Waals surface area contributed by atoms with Crippen LogP contribution in [-0.4, -0.2) is 49.0 Å². The van der Waals surface area contributed by atoms with Crippen molar-refractivity contribution in [2.45, 2.75) is 12.2 Å². The van der Waals surface area contributed by atoms with Gasteiger partial charge >= 0.3 is 12.1 Å². The van der Waals surface area contributed by atoms with Crippen molar-refractivity contribution < 1.29 is 37.0 Å². The van der Waals surface area contributed by atoms with E-state index in [-0.39, 0.29) is 22.8 Å². The van der Waals surface area contributed by atoms with Gasteiger partial charge in [-0.1, -0.05) is 30.3 Å². The fourth-order valence-corrected chi connectivity index (χ4v) is 3.76. The Balaban J connectivity index is 1.90. The maximum Gasteiger partial charge on any atom is 0.491 e. The lowest BCUT2D eigenvalue weighted by Crippen LogP contribution is -2.28. The highest BCUT2D eigenvalue weighted by Gasteiger charge is 2.42. The number of halogens is 3. The molecule has 10 heteroatoms. The average Bonchev–Trinajstić information content (AvgIpc) is 3.23. The molecule has 0 N–H and O–H groups in total. The number of carbonyl (C=O) groups excluding carboxylic acids is 2. The predicted octanol–water partition coefficient (Wildman–Crippen LogP) is 3.92. The molecule has 0 radical (unpaired) electrons. The maximum absolute atomic E-state index is 12.9. The molecule has 0 aromatic heterocycles. The predicted molar refractivity (Wildman–Crippen MR) is 105 cm³/mol. The van der Waals surface area contributed by atoms with Gasteiger partial charge in [0.25, 0.3) is 0 Å². The SMILES string of the molecule is COc1cc(C(=O)C2CSC(c3ccccc3)=N2)cc(OC)c1OC(=O)C(F)(F)F. The Labute approximate surface area is 174 Å². The number of Topliss-reactive ketones (excluding diaryl/α,β-unsaturated/α-hetero) is 1. The van der Waals surface area contributed by atoms with Gasteiger partial charge in [0.15, 0.2) is 17.3 Å². The fourth-order valence-electron chi connectivity index (χ4n) is 2.71. The van der Waals surface area contributed by atoms with E-state index >= 15 is 0 Å². The van der Waals surface area contributed by atoms with Crippen molar-refractivity contribution in [1.29, 1.82) is 0 Å². The Morgan fingerprint density at radius 2 is 1.67 bits per heavy atom. The Morgan fingerprint density at radius 3 is 2.20 bits per heavy atom. The van der Waals surface area contributed by atoms with Crippen LogP contribution in [0.4, 0.5) is 13.2 Å². The van der Waals surface area contributed by atoms with Gasteiger partial charge in [0.1, 0.15) is 6.04 Å². The standard InChI is InChI=1S/C20H16F3NO5S/c1-27-14-8-12(9-15(28-2)17(14)29-19(26)20(21,22)23)16(25)13-10-30-18(24-13)11-6-4-3-5-7-11/h3-9,13H,10H2,1-2H3. The molecular formula is C20H16F3NO5S. The topological polar surface area (TPSA) is 74.2 Å². The summed E-state index contributed by atoms with van der Waals surface area (Å²) in [5.41, 5.74) is 1.00. The van der Waals surface area contributed by atoms with Crippen molar-refractivity contribution in [3.63, 3.8) is 0 Å². The molecule has 3 rings (SSSR count). The summed E-state index contributed by atoms with van der Waals surface area (Å²) in [5.74, 6) is -3.42. The Bertz CT molecular complexity index is 967. The molecule has 1 unspecified atom stereocenters. The van der Waals surface area contributed by atoms with Gasteiger partial charge in [0.05, 0.1) is 19.3 Å². The van der Waals surface area contributed by atoms with Crippen molar-refractivity contribution >= 4 is 28.6 Å². The summed E-state index contributed by atoms with van der Waals surface area (Å²) < 4.78 is 52.2. The number of esters is 1. The molecule has 0 fully saturated rings. The molecule has 0 spiro atoms. The average molecular weight is 439 g/mol. The lowest BCUT2D eigenvalue weighted by Gasteiger charge is -2.16. The molecule has 158 valence electrons. The van der Waals surface area contributed by atoms with E-state index in [9.17, 15) is 22.8 Å². The van der Waals surface area contributed by atoms with Gasteiger partial charge in [-0.15, -0.1) is 11.8 Å². The highest BCUT2D eigenvalue weighted by molar-refractivity contribution is 8.14. The van der Waals surface area contributed by atoms with Crippen molar-refractivity contribution in [2.75, 3.05) is 20.0 Å². The summed E-state index contributed by atoms with van der Waals surface area (Å²) in [4.78, 5) is 28.6. The zero-order valence-electron chi connectivity index (χ0n) is 15.9. The lowest BCUT2D eigenvalue weighted by molar-refractivity contribution is -0.189. The van der Waals surface area contributed by atoms with Crippen LogP contribution in [0.3, 0.4) is 0 Å². The van der Waals surface area contributed by atoms with Crippen molar-refractivity contribution in [2.24, 2.45) is 4.99 Å². The number of rotatable bonds is 6. The summed E-state index contributed by atoms with van der Waals surface area (Å²) in [6.45, 7) is 0. The number of ether oxygens (including phenoxy) is 3. The molecule has 1 aliphatic heterocycles. The molecule has 30 heavy (non-hydrogen) atoms. The molecule has 0 aliphatic carbocycles. The van der Waals surface area contributed by atoms with Crippen LogP contribution in [0.2, 0.25) is 0 Å². The number of alkyl halides is 3. The molecule has 6 nitrogen and oxygen atoms in total. The summed E-state index contributed by atoms with van der Waals surface area (Å²) in [5, 5.41) is 0.726.